The first-order valence-corrected chi connectivity index (χ1v) is 6.80. The van der Waals surface area contributed by atoms with Gasteiger partial charge >= 0.3 is 35.1 Å². The van der Waals surface area contributed by atoms with E-state index in [-0.39, 0.29) is 0 Å². The fourth-order valence-corrected chi connectivity index (χ4v) is 0.911. The van der Waals surface area contributed by atoms with Gasteiger partial charge in [0.05, 0.1) is 0 Å². The van der Waals surface area contributed by atoms with Crippen molar-refractivity contribution >= 4 is 27.2 Å². The SMILES string of the molecule is C[CH](C)[GeH2].O=[S-](=O)c1ccccc1. The van der Waals surface area contributed by atoms with Gasteiger partial charge in [-0.25, -0.2) is 0 Å². The van der Waals surface area contributed by atoms with Crippen LogP contribution in [0.5, 0.6) is 0 Å². The van der Waals surface area contributed by atoms with E-state index in [4.69, 9.17) is 0 Å². The third kappa shape index (κ3) is 8.05. The van der Waals surface area contributed by atoms with E-state index in [0.29, 0.717) is 4.90 Å². The summed E-state index contributed by atoms with van der Waals surface area (Å²) < 4.78 is 21.4. The Hall–Kier alpha value is -0.287. The van der Waals surface area contributed by atoms with Gasteiger partial charge in [0.2, 0.25) is 0 Å². The molecular formula is C9H14GeO2S-. The molecule has 0 saturated carbocycles. The third-order valence-corrected chi connectivity index (χ3v) is 1.59. The molecule has 0 unspecified atom stereocenters. The Bertz CT molecular complexity index is 283. The minimum Gasteiger partial charge on any atom is -0.420 e. The van der Waals surface area contributed by atoms with E-state index in [2.05, 4.69) is 13.8 Å². The van der Waals surface area contributed by atoms with Crippen LogP contribution in [-0.2, 0) is 19.1 Å². The molecule has 13 heavy (non-hydrogen) atoms. The maximum atomic E-state index is 10.2. The Labute approximate surface area is 89.5 Å². The molecule has 1 radical (unpaired) electrons. The van der Waals surface area contributed by atoms with Gasteiger partial charge in [-0.05, 0) is 10.7 Å². The van der Waals surface area contributed by atoms with Gasteiger partial charge in [0.15, 0.2) is 0 Å². The van der Waals surface area contributed by atoms with Crippen LogP contribution >= 0.6 is 0 Å². The number of hydrogen-bond acceptors (Lipinski definition) is 3. The molecule has 0 saturated heterocycles. The maximum Gasteiger partial charge on any atom is -0.0469 e. The predicted octanol–water partition coefficient (Wildman–Crippen LogP) is 1.80. The second-order valence-corrected chi connectivity index (χ2v) is 7.31. The standard InChI is InChI=1S/C6H5O2S.C3H9Ge/c7-9(8)6-4-2-1-3-5-6;1-3(2)4/h1-5H;3H,4H2,1-2H3/q-1;. The zero-order valence-corrected chi connectivity index (χ0v) is 11.7. The van der Waals surface area contributed by atoms with E-state index in [1.54, 1.807) is 30.3 Å². The van der Waals surface area contributed by atoms with Crippen LogP contribution in [0.2, 0.25) is 4.75 Å². The zero-order valence-electron chi connectivity index (χ0n) is 7.90. The van der Waals surface area contributed by atoms with Crippen LogP contribution in [0.15, 0.2) is 35.2 Å². The zero-order chi connectivity index (χ0) is 10.3. The molecule has 0 heterocycles. The molecule has 0 N–H and O–H groups in total. The fourth-order valence-electron chi connectivity index (χ4n) is 0.532. The molecule has 0 fully saturated rings. The molecule has 0 aliphatic rings. The maximum absolute atomic E-state index is 10.2. The molecular weight excluding hydrogens is 245 g/mol. The Morgan fingerprint density at radius 3 is 1.77 bits per heavy atom. The van der Waals surface area contributed by atoms with Crippen LogP contribution in [-0.4, -0.2) is 16.5 Å². The Balaban J connectivity index is 0.000000310. The number of benzene rings is 1. The first-order valence-electron chi connectivity index (χ1n) is 4.01. The van der Waals surface area contributed by atoms with Crippen molar-refractivity contribution in [1.82, 2.24) is 0 Å². The summed E-state index contributed by atoms with van der Waals surface area (Å²) in [5.41, 5.74) is 0. The predicted molar refractivity (Wildman–Crippen MR) is 57.1 cm³/mol. The Morgan fingerprint density at radius 2 is 1.54 bits per heavy atom. The minimum atomic E-state index is -2.08. The third-order valence-electron chi connectivity index (χ3n) is 0.936. The van der Waals surface area contributed by atoms with Crippen LogP contribution in [0, 0.1) is 0 Å². The van der Waals surface area contributed by atoms with Crippen molar-refractivity contribution in [2.45, 2.75) is 23.5 Å². The quantitative estimate of drug-likeness (QED) is 0.569. The van der Waals surface area contributed by atoms with E-state index in [9.17, 15) is 8.42 Å². The van der Waals surface area contributed by atoms with E-state index < -0.39 is 10.7 Å². The normalized spacial score (nSPS) is 9.62. The van der Waals surface area contributed by atoms with Crippen LogP contribution in [0.4, 0.5) is 0 Å². The number of hydrogen-bond donors (Lipinski definition) is 0. The molecule has 1 rings (SSSR count). The van der Waals surface area contributed by atoms with Gasteiger partial charge in [0, 0.05) is 0 Å². The van der Waals surface area contributed by atoms with Crippen molar-refractivity contribution in [3.63, 3.8) is 0 Å². The molecule has 0 aliphatic heterocycles. The van der Waals surface area contributed by atoms with Crippen LogP contribution in [0.3, 0.4) is 0 Å². The molecule has 0 aromatic heterocycles. The summed E-state index contributed by atoms with van der Waals surface area (Å²) in [7, 11) is -2.08. The van der Waals surface area contributed by atoms with Gasteiger partial charge in [-0.1, -0.05) is 35.2 Å². The van der Waals surface area contributed by atoms with Crippen molar-refractivity contribution in [2.75, 3.05) is 0 Å². The van der Waals surface area contributed by atoms with Crippen LogP contribution < -0.4 is 0 Å². The van der Waals surface area contributed by atoms with Crippen LogP contribution in [0.25, 0.3) is 0 Å². The van der Waals surface area contributed by atoms with Crippen molar-refractivity contribution in [3.05, 3.63) is 30.3 Å². The van der Waals surface area contributed by atoms with Gasteiger partial charge in [0.1, 0.15) is 0 Å². The largest absolute Gasteiger partial charge is 0.420 e. The molecule has 73 valence electrons. The molecule has 1 aromatic carbocycles. The van der Waals surface area contributed by atoms with Crippen molar-refractivity contribution in [3.8, 4) is 0 Å². The van der Waals surface area contributed by atoms with E-state index >= 15 is 0 Å². The van der Waals surface area contributed by atoms with E-state index in [1.165, 1.54) is 16.5 Å². The summed E-state index contributed by atoms with van der Waals surface area (Å²) in [6, 6.07) is 8.23. The topological polar surface area (TPSA) is 34.1 Å². The second-order valence-electron chi connectivity index (χ2n) is 2.94. The average molecular weight is 259 g/mol. The first kappa shape index (κ1) is 12.7. The van der Waals surface area contributed by atoms with E-state index in [0.717, 1.165) is 4.75 Å². The molecule has 0 bridgehead atoms. The Kier molecular flexibility index (Phi) is 6.99. The molecule has 0 spiro atoms. The molecule has 0 aliphatic carbocycles. The summed E-state index contributed by atoms with van der Waals surface area (Å²) in [6.45, 7) is 4.44. The van der Waals surface area contributed by atoms with Gasteiger partial charge in [-0.15, -0.1) is 0 Å². The summed E-state index contributed by atoms with van der Waals surface area (Å²) in [4.78, 5) is 0.331. The van der Waals surface area contributed by atoms with Gasteiger partial charge in [0.25, 0.3) is 0 Å². The summed E-state index contributed by atoms with van der Waals surface area (Å²) in [5, 5.41) is 0. The monoisotopic (exact) mass is 260 g/mol. The van der Waals surface area contributed by atoms with Gasteiger partial charge in [-0.2, -0.15) is 0 Å². The Morgan fingerprint density at radius 1 is 1.15 bits per heavy atom. The molecule has 4 heteroatoms. The minimum absolute atomic E-state index is 0.331. The smallest absolute Gasteiger partial charge is 0.0469 e. The molecule has 0 atom stereocenters. The number of rotatable bonds is 1. The van der Waals surface area contributed by atoms with E-state index in [1.807, 2.05) is 0 Å². The fraction of sp³-hybridized carbons (Fsp3) is 0.333. The van der Waals surface area contributed by atoms with Crippen molar-refractivity contribution in [1.29, 1.82) is 0 Å². The first-order chi connectivity index (χ1) is 6.04. The average Bonchev–Trinajstić information content (AvgIpc) is 2.05. The molecule has 1 aromatic rings. The molecule has 2 nitrogen and oxygen atoms in total. The summed E-state index contributed by atoms with van der Waals surface area (Å²) in [5.74, 6) is 0. The summed E-state index contributed by atoms with van der Waals surface area (Å²) >= 11 is 1.43. The van der Waals surface area contributed by atoms with Gasteiger partial charge in [-0.3, -0.25) is 0 Å². The van der Waals surface area contributed by atoms with Gasteiger partial charge < -0.3 is 8.42 Å². The van der Waals surface area contributed by atoms with Crippen LogP contribution in [0.1, 0.15) is 13.8 Å². The van der Waals surface area contributed by atoms with Crippen molar-refractivity contribution in [2.24, 2.45) is 0 Å². The molecule has 0 amide bonds. The second kappa shape index (κ2) is 7.15. The van der Waals surface area contributed by atoms with Crippen molar-refractivity contribution < 1.29 is 8.42 Å². The summed E-state index contributed by atoms with van der Waals surface area (Å²) in [6.07, 6.45) is 0.